The maximum atomic E-state index is 4.22. The Labute approximate surface area is 752 Å². The van der Waals surface area contributed by atoms with Crippen LogP contribution >= 0.6 is 0 Å². The Morgan fingerprint density at radius 1 is 0.169 bits per heavy atom. The van der Waals surface area contributed by atoms with Crippen LogP contribution in [-0.4, -0.2) is 70.7 Å². The molecule has 0 aliphatic rings. The summed E-state index contributed by atoms with van der Waals surface area (Å²) in [5, 5.41) is 24.1. The minimum Gasteiger partial charge on any atom is -0.265 e. The summed E-state index contributed by atoms with van der Waals surface area (Å²) in [5.41, 5.74) is 14.1. The number of pyridine rings is 1. The number of rotatable bonds is 1. The molecule has 0 radical (unpaired) electrons. The topological polar surface area (TPSA) is 180 Å². The monoisotopic (exact) mass is 1670 g/mol. The molecule has 0 aliphatic heterocycles. The van der Waals surface area contributed by atoms with E-state index in [-0.39, 0.29) is 0 Å². The van der Waals surface area contributed by atoms with E-state index in [0.29, 0.717) is 27.1 Å². The third-order valence-electron chi connectivity index (χ3n) is 11.6. The van der Waals surface area contributed by atoms with Crippen molar-refractivity contribution in [3.05, 3.63) is 447 Å². The highest BCUT2D eigenvalue weighted by atomic mass is 15.3. The molecule has 662 valence electrons. The highest BCUT2D eigenvalue weighted by Gasteiger charge is 2.00. The van der Waals surface area contributed by atoms with Crippen LogP contribution in [0.2, 0.25) is 0 Å². The van der Waals surface area contributed by atoms with E-state index in [4.69, 9.17) is 0 Å². The van der Waals surface area contributed by atoms with Gasteiger partial charge in [-0.1, -0.05) is 462 Å². The molecule has 0 saturated heterocycles. The summed E-state index contributed by atoms with van der Waals surface area (Å²) in [6.07, 6.45) is 20.8. The zero-order valence-electron chi connectivity index (χ0n) is 80.8. The van der Waals surface area contributed by atoms with Crippen molar-refractivity contribution in [3.63, 3.8) is 0 Å². The first-order valence-electron chi connectivity index (χ1n) is 41.8. The van der Waals surface area contributed by atoms with Crippen LogP contribution < -0.4 is 0 Å². The lowest BCUT2D eigenvalue weighted by Gasteiger charge is -2.05. The first kappa shape index (κ1) is 118. The number of nitrogens with zero attached hydrogens (tertiary/aromatic N) is 14. The lowest BCUT2D eigenvalue weighted by molar-refractivity contribution is 0.469. The van der Waals surface area contributed by atoms with E-state index in [1.807, 2.05) is 213 Å². The Morgan fingerprint density at radius 2 is 0.379 bits per heavy atom. The van der Waals surface area contributed by atoms with Gasteiger partial charge in [0.2, 0.25) is 0 Å². The van der Waals surface area contributed by atoms with Crippen molar-refractivity contribution < 1.29 is 0 Å². The summed E-state index contributed by atoms with van der Waals surface area (Å²) in [4.78, 5) is 27.0. The normalized spacial score (nSPS) is 9.33. The minimum absolute atomic E-state index is 0.500. The lowest BCUT2D eigenvalue weighted by atomic mass is 10.0. The Bertz CT molecular complexity index is 3670. The van der Waals surface area contributed by atoms with Crippen molar-refractivity contribution >= 4 is 0 Å². The number of aromatic nitrogens is 14. The van der Waals surface area contributed by atoms with Crippen LogP contribution in [-0.2, 0) is 0 Å². The summed E-state index contributed by atoms with van der Waals surface area (Å²) in [6, 6.07) is 105. The number of benzene rings is 9. The van der Waals surface area contributed by atoms with Gasteiger partial charge in [-0.05, 0) is 131 Å². The van der Waals surface area contributed by atoms with E-state index in [1.165, 1.54) is 69.7 Å². The van der Waals surface area contributed by atoms with Crippen molar-refractivity contribution in [3.8, 4) is 11.4 Å². The first-order valence-corrected chi connectivity index (χ1v) is 41.8. The van der Waals surface area contributed by atoms with Gasteiger partial charge < -0.3 is 0 Å². The van der Waals surface area contributed by atoms with Gasteiger partial charge in [-0.15, -0.1) is 15.3 Å². The highest BCUT2D eigenvalue weighted by Crippen LogP contribution is 2.13. The van der Waals surface area contributed by atoms with Crippen molar-refractivity contribution in [2.24, 2.45) is 27.1 Å². The second-order valence-corrected chi connectivity index (χ2v) is 35.4. The molecule has 0 aliphatic carbocycles. The zero-order valence-corrected chi connectivity index (χ0v) is 80.8. The highest BCUT2D eigenvalue weighted by molar-refractivity contribution is 5.53. The minimum atomic E-state index is 0.500. The Kier molecular flexibility index (Phi) is 74.8. The van der Waals surface area contributed by atoms with E-state index in [2.05, 4.69) is 362 Å². The van der Waals surface area contributed by atoms with Crippen LogP contribution in [0.5, 0.6) is 0 Å². The van der Waals surface area contributed by atoms with E-state index < -0.39 is 0 Å². The van der Waals surface area contributed by atoms with Gasteiger partial charge in [-0.3, -0.25) is 4.98 Å². The largest absolute Gasteiger partial charge is 0.265 e. The molecule has 0 unspecified atom stereocenters. The van der Waals surface area contributed by atoms with Crippen LogP contribution in [0.1, 0.15) is 189 Å². The maximum absolute atomic E-state index is 4.22. The summed E-state index contributed by atoms with van der Waals surface area (Å²) in [6.45, 7) is 62.3. The Morgan fingerprint density at radius 3 is 0.500 bits per heavy atom. The zero-order chi connectivity index (χ0) is 93.7. The molecule has 15 aromatic rings. The third-order valence-corrected chi connectivity index (χ3v) is 11.6. The molecule has 0 N–H and O–H groups in total. The molecule has 6 aromatic heterocycles. The second kappa shape index (κ2) is 78.8. The molecule has 0 saturated carbocycles. The van der Waals surface area contributed by atoms with Crippen LogP contribution in [0.15, 0.2) is 396 Å². The molecule has 14 nitrogen and oxygen atoms in total. The van der Waals surface area contributed by atoms with Gasteiger partial charge in [-0.25, -0.2) is 29.9 Å². The molecule has 0 bridgehead atoms. The first-order chi connectivity index (χ1) is 58.5. The molecule has 0 atom stereocenters. The molecule has 6 heterocycles. The molecule has 9 aromatic carbocycles. The summed E-state index contributed by atoms with van der Waals surface area (Å²) in [5.74, 6) is 1.47. The Balaban J connectivity index is -0.000000616. The van der Waals surface area contributed by atoms with E-state index in [0.717, 1.165) is 17.2 Å². The average molecular weight is 1670 g/mol. The fraction of sp³-hybridized carbons (Fsp3) is 0.309. The smallest absolute Gasteiger partial charge is 0.162 e. The molecular weight excluding hydrogens is 1520 g/mol. The van der Waals surface area contributed by atoms with E-state index in [1.54, 1.807) is 67.9 Å². The average Bonchev–Trinajstić information content (AvgIpc) is 0.869. The van der Waals surface area contributed by atoms with Gasteiger partial charge in [0.15, 0.2) is 5.82 Å². The SMILES string of the molecule is CC(C)(C)C.CC(C)(C)C.CC(C)(C)C.CC(C)(C)C.CC(C)(C)C.Cc1ccccc1.Cc1ccccc1.Cc1ccccc1.Cc1ccccc1.Cc1ccccc1.Cc1ccccc1.Cc1ccccc1.Cc1ccccc1.Cc1ncnc(-c2ccccc2)n1.c1ccncc1.c1ccnnc1.c1cncnc1.c1cnncn1.c1cnnnc1. The van der Waals surface area contributed by atoms with E-state index >= 15 is 0 Å². The fourth-order valence-corrected chi connectivity index (χ4v) is 6.61. The molecule has 15 rings (SSSR count). The number of hydrogen-bond acceptors (Lipinski definition) is 14. The predicted molar refractivity (Wildman–Crippen MR) is 533 cm³/mol. The van der Waals surface area contributed by atoms with Crippen molar-refractivity contribution in [1.82, 2.24) is 70.7 Å². The van der Waals surface area contributed by atoms with E-state index in [9.17, 15) is 0 Å². The van der Waals surface area contributed by atoms with Crippen molar-refractivity contribution in [1.29, 1.82) is 0 Å². The molecule has 124 heavy (non-hydrogen) atoms. The fourth-order valence-electron chi connectivity index (χ4n) is 6.61. The Hall–Kier alpha value is -12.7. The van der Waals surface area contributed by atoms with Gasteiger partial charge >= 0.3 is 0 Å². The maximum Gasteiger partial charge on any atom is 0.162 e. The number of aryl methyl sites for hydroxylation is 9. The molecule has 0 spiro atoms. The van der Waals surface area contributed by atoms with Crippen molar-refractivity contribution in [2.75, 3.05) is 0 Å². The van der Waals surface area contributed by atoms with Gasteiger partial charge in [0, 0.05) is 48.9 Å². The summed E-state index contributed by atoms with van der Waals surface area (Å²) < 4.78 is 0. The standard InChI is InChI=1S/C10H9N3.8C7H8.C5H5N.5C5H12.2C4H4N2.2C3H3N3/c1-8-11-7-12-10(13-8)9-5-3-2-4-6-9;8*1-7-5-3-2-4-6-7;1-2-4-6-5-3-1;5*1-5(2,3)4;1-2-5-4-6-3-1;1-2-4-6-5-3-1;1-2-5-6-3-4-1;1-2-4-6-5-3-1/h2-7H,1H3;8*2-6H,1H3;1-5H;5*1-4H3;2*1-4H;2*1-3H. The second-order valence-electron chi connectivity index (χ2n) is 35.4. The summed E-state index contributed by atoms with van der Waals surface area (Å²) in [7, 11) is 0. The quantitative estimate of drug-likeness (QED) is 0.151. The van der Waals surface area contributed by atoms with Crippen molar-refractivity contribution in [2.45, 2.75) is 201 Å². The molecule has 0 fully saturated rings. The molecule has 0 amide bonds. The van der Waals surface area contributed by atoms with Crippen LogP contribution in [0.25, 0.3) is 11.4 Å². The third kappa shape index (κ3) is 120. The van der Waals surface area contributed by atoms with Gasteiger partial charge in [0.05, 0.1) is 18.6 Å². The van der Waals surface area contributed by atoms with Crippen LogP contribution in [0, 0.1) is 89.4 Å². The van der Waals surface area contributed by atoms with Gasteiger partial charge in [-0.2, -0.15) is 15.3 Å². The number of hydrogen-bond donors (Lipinski definition) is 0. The molecule has 14 heteroatoms. The predicted octanol–water partition coefficient (Wildman–Crippen LogP) is 29.8. The van der Waals surface area contributed by atoms with Crippen LogP contribution in [0.3, 0.4) is 0 Å². The molecular formula is C110H152N14. The lowest BCUT2D eigenvalue weighted by Crippen LogP contribution is -1.93. The van der Waals surface area contributed by atoms with Crippen LogP contribution in [0.4, 0.5) is 0 Å². The van der Waals surface area contributed by atoms with Gasteiger partial charge in [0.25, 0.3) is 0 Å². The summed E-state index contributed by atoms with van der Waals surface area (Å²) >= 11 is 0. The van der Waals surface area contributed by atoms with Gasteiger partial charge in [0.1, 0.15) is 24.8 Å².